The average molecular weight is 472 g/mol. The van der Waals surface area contributed by atoms with Crippen LogP contribution < -0.4 is 4.90 Å². The van der Waals surface area contributed by atoms with E-state index < -0.39 is 0 Å². The first-order valence-corrected chi connectivity index (χ1v) is 12.3. The molecule has 1 fully saturated rings. The number of rotatable bonds is 4. The fraction of sp³-hybridized carbons (Fsp3) is 0.357. The van der Waals surface area contributed by atoms with E-state index in [2.05, 4.69) is 60.0 Å². The van der Waals surface area contributed by atoms with Crippen molar-refractivity contribution in [2.75, 3.05) is 37.6 Å². The topological polar surface area (TPSA) is 6.48 Å². The summed E-state index contributed by atoms with van der Waals surface area (Å²) >= 11 is 11.6. The smallest absolute Gasteiger partial charge is 0.0410 e. The van der Waals surface area contributed by atoms with Crippen molar-refractivity contribution in [3.8, 4) is 0 Å². The standard InChI is InChI=1S/C20H25ClN2.C6H5Cl.C2H6/c1-16-3-5-18(6-4-16)9-10-22-11-13-23(14-12-22)20-8-7-19(21)15-17(20)2;7-6-4-2-1-3-5-6;1-2/h3-8,15H,9-14H2,1-2H3;1-5H;1-2H3. The third kappa shape index (κ3) is 8.86. The van der Waals surface area contributed by atoms with Gasteiger partial charge < -0.3 is 4.90 Å². The highest BCUT2D eigenvalue weighted by Gasteiger charge is 2.18. The van der Waals surface area contributed by atoms with E-state index >= 15 is 0 Å². The Kier molecular flexibility index (Phi) is 11.7. The summed E-state index contributed by atoms with van der Waals surface area (Å²) in [5, 5.41) is 1.62. The van der Waals surface area contributed by atoms with Crippen LogP contribution in [0.4, 0.5) is 5.69 Å². The number of anilines is 1. The van der Waals surface area contributed by atoms with Gasteiger partial charge in [-0.25, -0.2) is 0 Å². The van der Waals surface area contributed by atoms with Crippen molar-refractivity contribution in [3.63, 3.8) is 0 Å². The molecule has 0 saturated carbocycles. The van der Waals surface area contributed by atoms with E-state index in [1.54, 1.807) is 0 Å². The van der Waals surface area contributed by atoms with Gasteiger partial charge in [0.25, 0.3) is 0 Å². The average Bonchev–Trinajstić information content (AvgIpc) is 2.82. The molecule has 32 heavy (non-hydrogen) atoms. The molecule has 1 saturated heterocycles. The normalized spacial score (nSPS) is 13.5. The summed E-state index contributed by atoms with van der Waals surface area (Å²) in [6.07, 6.45) is 1.14. The molecule has 0 atom stereocenters. The van der Waals surface area contributed by atoms with E-state index in [4.69, 9.17) is 23.2 Å². The zero-order chi connectivity index (χ0) is 23.3. The van der Waals surface area contributed by atoms with Crippen LogP contribution in [-0.4, -0.2) is 37.6 Å². The van der Waals surface area contributed by atoms with Crippen LogP contribution in [0.25, 0.3) is 0 Å². The highest BCUT2D eigenvalue weighted by Crippen LogP contribution is 2.24. The molecule has 4 rings (SSSR count). The van der Waals surface area contributed by atoms with Gasteiger partial charge in [0.2, 0.25) is 0 Å². The molecule has 0 aliphatic carbocycles. The molecule has 0 unspecified atom stereocenters. The predicted octanol–water partition coefficient (Wildman–Crippen LogP) is 7.69. The van der Waals surface area contributed by atoms with Gasteiger partial charge in [0, 0.05) is 48.5 Å². The van der Waals surface area contributed by atoms with Gasteiger partial charge >= 0.3 is 0 Å². The predicted molar refractivity (Wildman–Crippen MR) is 143 cm³/mol. The molecule has 0 spiro atoms. The number of piperazine rings is 1. The van der Waals surface area contributed by atoms with Gasteiger partial charge in [0.05, 0.1) is 0 Å². The zero-order valence-corrected chi connectivity index (χ0v) is 21.3. The summed E-state index contributed by atoms with van der Waals surface area (Å²) in [6, 6.07) is 24.6. The van der Waals surface area contributed by atoms with Gasteiger partial charge in [-0.15, -0.1) is 0 Å². The van der Waals surface area contributed by atoms with Crippen molar-refractivity contribution in [2.24, 2.45) is 0 Å². The van der Waals surface area contributed by atoms with Crippen LogP contribution in [0.5, 0.6) is 0 Å². The third-order valence-corrected chi connectivity index (χ3v) is 5.93. The zero-order valence-electron chi connectivity index (χ0n) is 19.8. The molecule has 3 aromatic rings. The molecule has 0 bridgehead atoms. The van der Waals surface area contributed by atoms with Crippen LogP contribution in [0, 0.1) is 13.8 Å². The Balaban J connectivity index is 0.000000340. The fourth-order valence-electron chi connectivity index (χ4n) is 3.64. The van der Waals surface area contributed by atoms with Crippen molar-refractivity contribution in [1.29, 1.82) is 0 Å². The van der Waals surface area contributed by atoms with Gasteiger partial charge in [-0.1, -0.05) is 85.1 Å². The van der Waals surface area contributed by atoms with E-state index in [0.717, 1.165) is 49.2 Å². The Labute approximate surface area is 204 Å². The maximum Gasteiger partial charge on any atom is 0.0410 e. The third-order valence-electron chi connectivity index (χ3n) is 5.44. The second-order valence-electron chi connectivity index (χ2n) is 7.79. The Morgan fingerprint density at radius 2 is 1.34 bits per heavy atom. The van der Waals surface area contributed by atoms with Crippen LogP contribution in [0.3, 0.4) is 0 Å². The van der Waals surface area contributed by atoms with Crippen LogP contribution >= 0.6 is 23.2 Å². The Bertz CT molecular complexity index is 902. The molecule has 3 aromatic carbocycles. The fourth-order valence-corrected chi connectivity index (χ4v) is 4.01. The lowest BCUT2D eigenvalue weighted by Gasteiger charge is -2.36. The number of hydrogen-bond acceptors (Lipinski definition) is 2. The summed E-state index contributed by atoms with van der Waals surface area (Å²) in [4.78, 5) is 5.05. The number of nitrogens with zero attached hydrogens (tertiary/aromatic N) is 2. The maximum absolute atomic E-state index is 6.06. The Morgan fingerprint density at radius 3 is 1.88 bits per heavy atom. The van der Waals surface area contributed by atoms with Gasteiger partial charge in [-0.2, -0.15) is 0 Å². The molecule has 0 N–H and O–H groups in total. The molecular weight excluding hydrogens is 435 g/mol. The van der Waals surface area contributed by atoms with E-state index in [0.29, 0.717) is 0 Å². The number of hydrogen-bond donors (Lipinski definition) is 0. The SMILES string of the molecule is CC.Cc1ccc(CCN2CCN(c3ccc(Cl)cc3C)CC2)cc1.Clc1ccccc1. The summed E-state index contributed by atoms with van der Waals surface area (Å²) < 4.78 is 0. The first kappa shape index (κ1) is 26.3. The molecule has 0 amide bonds. The van der Waals surface area contributed by atoms with Crippen molar-refractivity contribution in [1.82, 2.24) is 4.90 Å². The maximum atomic E-state index is 6.06. The molecule has 0 aromatic heterocycles. The summed E-state index contributed by atoms with van der Waals surface area (Å²) in [5.74, 6) is 0. The minimum Gasteiger partial charge on any atom is -0.369 e. The highest BCUT2D eigenvalue weighted by atomic mass is 35.5. The highest BCUT2D eigenvalue weighted by molar-refractivity contribution is 6.30. The number of aryl methyl sites for hydroxylation is 2. The summed E-state index contributed by atoms with van der Waals surface area (Å²) in [7, 11) is 0. The lowest BCUT2D eigenvalue weighted by molar-refractivity contribution is 0.261. The van der Waals surface area contributed by atoms with Gasteiger partial charge in [0.1, 0.15) is 0 Å². The van der Waals surface area contributed by atoms with E-state index in [1.807, 2.05) is 50.2 Å². The molecule has 4 heteroatoms. The lowest BCUT2D eigenvalue weighted by atomic mass is 10.1. The van der Waals surface area contributed by atoms with Crippen LogP contribution in [0.2, 0.25) is 10.0 Å². The molecule has 1 aliphatic rings. The first-order chi connectivity index (χ1) is 15.5. The van der Waals surface area contributed by atoms with E-state index in [9.17, 15) is 0 Å². The minimum absolute atomic E-state index is 0.794. The molecular formula is C28H36Cl2N2. The van der Waals surface area contributed by atoms with Gasteiger partial charge in [0.15, 0.2) is 0 Å². The largest absolute Gasteiger partial charge is 0.369 e. The Morgan fingerprint density at radius 1 is 0.719 bits per heavy atom. The molecule has 2 nitrogen and oxygen atoms in total. The second-order valence-corrected chi connectivity index (χ2v) is 8.66. The first-order valence-electron chi connectivity index (χ1n) is 11.5. The second kappa shape index (κ2) is 14.2. The number of halogens is 2. The van der Waals surface area contributed by atoms with Crippen molar-refractivity contribution in [2.45, 2.75) is 34.1 Å². The molecule has 0 radical (unpaired) electrons. The van der Waals surface area contributed by atoms with Crippen LogP contribution in [0.1, 0.15) is 30.5 Å². The van der Waals surface area contributed by atoms with E-state index in [1.165, 1.54) is 22.4 Å². The van der Waals surface area contributed by atoms with Crippen molar-refractivity contribution < 1.29 is 0 Å². The lowest BCUT2D eigenvalue weighted by Crippen LogP contribution is -2.47. The van der Waals surface area contributed by atoms with Crippen molar-refractivity contribution >= 4 is 28.9 Å². The van der Waals surface area contributed by atoms with E-state index in [-0.39, 0.29) is 0 Å². The summed E-state index contributed by atoms with van der Waals surface area (Å²) in [6.45, 7) is 13.9. The monoisotopic (exact) mass is 470 g/mol. The van der Waals surface area contributed by atoms with Gasteiger partial charge in [-0.05, 0) is 61.7 Å². The van der Waals surface area contributed by atoms with Crippen molar-refractivity contribution in [3.05, 3.63) is 99.5 Å². The molecule has 172 valence electrons. The quantitative estimate of drug-likeness (QED) is 0.385. The van der Waals surface area contributed by atoms with Crippen LogP contribution in [-0.2, 0) is 6.42 Å². The Hall–Kier alpha value is -2.00. The molecule has 1 aliphatic heterocycles. The molecule has 1 heterocycles. The minimum atomic E-state index is 0.794. The number of benzene rings is 3. The van der Waals surface area contributed by atoms with Gasteiger partial charge in [-0.3, -0.25) is 4.90 Å². The van der Waals surface area contributed by atoms with Crippen LogP contribution in [0.15, 0.2) is 72.8 Å². The summed E-state index contributed by atoms with van der Waals surface area (Å²) in [5.41, 5.74) is 5.37.